The number of para-hydroxylation sites is 2. The summed E-state index contributed by atoms with van der Waals surface area (Å²) in [4.78, 5) is 4.82. The summed E-state index contributed by atoms with van der Waals surface area (Å²) in [5.41, 5.74) is 4.71. The van der Waals surface area contributed by atoms with Crippen LogP contribution < -0.4 is 9.47 Å². The molecule has 4 heteroatoms. The van der Waals surface area contributed by atoms with Crippen molar-refractivity contribution in [1.82, 2.24) is 9.55 Å². The van der Waals surface area contributed by atoms with E-state index >= 15 is 0 Å². The Morgan fingerprint density at radius 1 is 0.862 bits per heavy atom. The number of fused-ring (bicyclic) bond motifs is 1. The smallest absolute Gasteiger partial charge is 0.148 e. The number of hydrogen-bond donors (Lipinski definition) is 0. The average Bonchev–Trinajstić information content (AvgIpc) is 3.10. The van der Waals surface area contributed by atoms with E-state index in [0.717, 1.165) is 34.9 Å². The Hall–Kier alpha value is -3.27. The first-order chi connectivity index (χ1) is 14.1. The Morgan fingerprint density at radius 3 is 2.24 bits per heavy atom. The number of ether oxygens (including phenoxy) is 2. The van der Waals surface area contributed by atoms with Crippen LogP contribution in [0.3, 0.4) is 0 Å². The highest BCUT2D eigenvalue weighted by Gasteiger charge is 2.12. The molecule has 0 saturated carbocycles. The Labute approximate surface area is 171 Å². The second-order valence-corrected chi connectivity index (χ2v) is 7.46. The van der Waals surface area contributed by atoms with E-state index in [2.05, 4.69) is 54.8 Å². The molecule has 0 bridgehead atoms. The van der Waals surface area contributed by atoms with Gasteiger partial charge in [-0.3, -0.25) is 0 Å². The van der Waals surface area contributed by atoms with Crippen LogP contribution in [-0.4, -0.2) is 16.7 Å². The van der Waals surface area contributed by atoms with Crippen molar-refractivity contribution in [3.05, 3.63) is 89.7 Å². The molecule has 0 radical (unpaired) electrons. The topological polar surface area (TPSA) is 36.3 Å². The summed E-state index contributed by atoms with van der Waals surface area (Å²) in [5.74, 6) is 3.06. The molecule has 4 rings (SSSR count). The fourth-order valence-electron chi connectivity index (χ4n) is 3.42. The molecular formula is C25H26N2O2. The summed E-state index contributed by atoms with van der Waals surface area (Å²) in [5, 5.41) is 0. The van der Waals surface area contributed by atoms with E-state index in [1.807, 2.05) is 36.4 Å². The summed E-state index contributed by atoms with van der Waals surface area (Å²) in [6, 6.07) is 24.7. The highest BCUT2D eigenvalue weighted by Crippen LogP contribution is 2.22. The van der Waals surface area contributed by atoms with E-state index in [0.29, 0.717) is 12.5 Å². The average molecular weight is 386 g/mol. The molecule has 4 aromatic rings. The highest BCUT2D eigenvalue weighted by molar-refractivity contribution is 5.76. The minimum atomic E-state index is 0.408. The Morgan fingerprint density at radius 2 is 1.55 bits per heavy atom. The second-order valence-electron chi connectivity index (χ2n) is 7.46. The molecule has 0 spiro atoms. The first-order valence-corrected chi connectivity index (χ1v) is 9.94. The normalized spacial score (nSPS) is 11.2. The van der Waals surface area contributed by atoms with Gasteiger partial charge in [-0.2, -0.15) is 0 Å². The van der Waals surface area contributed by atoms with Crippen molar-refractivity contribution in [3.8, 4) is 11.5 Å². The summed E-state index contributed by atoms with van der Waals surface area (Å²) in [6.07, 6.45) is 0. The lowest BCUT2D eigenvalue weighted by molar-refractivity contribution is 0.290. The largest absolute Gasteiger partial charge is 0.497 e. The van der Waals surface area contributed by atoms with Crippen molar-refractivity contribution in [2.45, 2.75) is 32.9 Å². The maximum atomic E-state index is 6.01. The van der Waals surface area contributed by atoms with Crippen LogP contribution in [0.1, 0.15) is 36.7 Å². The Kier molecular flexibility index (Phi) is 5.52. The number of hydrogen-bond acceptors (Lipinski definition) is 3. The number of methoxy groups -OCH3 is 1. The number of benzene rings is 3. The van der Waals surface area contributed by atoms with E-state index < -0.39 is 0 Å². The summed E-state index contributed by atoms with van der Waals surface area (Å²) in [7, 11) is 1.66. The van der Waals surface area contributed by atoms with Gasteiger partial charge in [0.15, 0.2) is 0 Å². The lowest BCUT2D eigenvalue weighted by Crippen LogP contribution is -2.08. The van der Waals surface area contributed by atoms with Gasteiger partial charge in [0.05, 0.1) is 18.1 Å². The molecule has 4 nitrogen and oxygen atoms in total. The molecule has 0 unspecified atom stereocenters. The van der Waals surface area contributed by atoms with Crippen LogP contribution in [0.15, 0.2) is 72.8 Å². The zero-order valence-electron chi connectivity index (χ0n) is 17.1. The molecule has 0 aliphatic heterocycles. The molecule has 1 aromatic heterocycles. The van der Waals surface area contributed by atoms with Crippen molar-refractivity contribution >= 4 is 11.0 Å². The molecule has 0 amide bonds. The van der Waals surface area contributed by atoms with Crippen molar-refractivity contribution in [1.29, 1.82) is 0 Å². The lowest BCUT2D eigenvalue weighted by atomic mass is 10.0. The van der Waals surface area contributed by atoms with Gasteiger partial charge in [-0.15, -0.1) is 0 Å². The summed E-state index contributed by atoms with van der Waals surface area (Å²) in [6.45, 7) is 5.60. The number of rotatable bonds is 7. The van der Waals surface area contributed by atoms with Gasteiger partial charge in [0.25, 0.3) is 0 Å². The van der Waals surface area contributed by atoms with Gasteiger partial charge in [-0.05, 0) is 53.4 Å². The molecule has 148 valence electrons. The minimum absolute atomic E-state index is 0.408. The van der Waals surface area contributed by atoms with E-state index in [9.17, 15) is 0 Å². The van der Waals surface area contributed by atoms with Crippen LogP contribution >= 0.6 is 0 Å². The van der Waals surface area contributed by atoms with E-state index in [-0.39, 0.29) is 0 Å². The third-order valence-corrected chi connectivity index (χ3v) is 5.15. The van der Waals surface area contributed by atoms with Crippen molar-refractivity contribution in [3.63, 3.8) is 0 Å². The van der Waals surface area contributed by atoms with E-state index in [4.69, 9.17) is 14.5 Å². The molecule has 0 N–H and O–H groups in total. The zero-order chi connectivity index (χ0) is 20.2. The molecule has 1 heterocycles. The molecule has 29 heavy (non-hydrogen) atoms. The van der Waals surface area contributed by atoms with Crippen molar-refractivity contribution in [2.75, 3.05) is 7.11 Å². The predicted octanol–water partition coefficient (Wildman–Crippen LogP) is 5.80. The number of nitrogens with zero attached hydrogens (tertiary/aromatic N) is 2. The Balaban J connectivity index is 1.59. The van der Waals surface area contributed by atoms with Gasteiger partial charge in [0.1, 0.15) is 23.9 Å². The molecule has 0 aliphatic rings. The molecule has 0 aliphatic carbocycles. The van der Waals surface area contributed by atoms with Crippen LogP contribution in [0.25, 0.3) is 11.0 Å². The van der Waals surface area contributed by atoms with Crippen molar-refractivity contribution < 1.29 is 9.47 Å². The lowest BCUT2D eigenvalue weighted by Gasteiger charge is -2.12. The summed E-state index contributed by atoms with van der Waals surface area (Å²) >= 11 is 0. The first-order valence-electron chi connectivity index (χ1n) is 9.94. The fraction of sp³-hybridized carbons (Fsp3) is 0.240. The third kappa shape index (κ3) is 4.27. The number of aromatic nitrogens is 2. The van der Waals surface area contributed by atoms with Crippen molar-refractivity contribution in [2.24, 2.45) is 0 Å². The van der Waals surface area contributed by atoms with E-state index in [1.54, 1.807) is 7.11 Å². The summed E-state index contributed by atoms with van der Waals surface area (Å²) < 4.78 is 13.5. The monoisotopic (exact) mass is 386 g/mol. The molecule has 3 aromatic carbocycles. The molecule has 0 atom stereocenters. The standard InChI is InChI=1S/C25H26N2O2/c1-18(2)20-10-8-19(9-11-20)16-27-24-7-5-4-6-23(24)26-25(27)17-29-22-14-12-21(28-3)13-15-22/h4-15,18H,16-17H2,1-3H3. The van der Waals surface area contributed by atoms with Gasteiger partial charge in [-0.1, -0.05) is 50.2 Å². The SMILES string of the molecule is COc1ccc(OCc2nc3ccccc3n2Cc2ccc(C(C)C)cc2)cc1. The van der Waals surface area contributed by atoms with Crippen LogP contribution in [-0.2, 0) is 13.2 Å². The van der Waals surface area contributed by atoms with Crippen LogP contribution in [0.4, 0.5) is 0 Å². The van der Waals surface area contributed by atoms with Gasteiger partial charge >= 0.3 is 0 Å². The van der Waals surface area contributed by atoms with Gasteiger partial charge in [0, 0.05) is 6.54 Å². The van der Waals surface area contributed by atoms with Gasteiger partial charge in [0.2, 0.25) is 0 Å². The van der Waals surface area contributed by atoms with Crippen LogP contribution in [0, 0.1) is 0 Å². The van der Waals surface area contributed by atoms with Crippen LogP contribution in [0.5, 0.6) is 11.5 Å². The second kappa shape index (κ2) is 8.39. The zero-order valence-corrected chi connectivity index (χ0v) is 17.1. The minimum Gasteiger partial charge on any atom is -0.497 e. The van der Waals surface area contributed by atoms with Crippen LogP contribution in [0.2, 0.25) is 0 Å². The Bertz CT molecular complexity index is 1080. The number of imidazole rings is 1. The van der Waals surface area contributed by atoms with Gasteiger partial charge in [-0.25, -0.2) is 4.98 Å². The highest BCUT2D eigenvalue weighted by atomic mass is 16.5. The molecular weight excluding hydrogens is 360 g/mol. The molecule has 0 saturated heterocycles. The van der Waals surface area contributed by atoms with Gasteiger partial charge < -0.3 is 14.0 Å². The predicted molar refractivity (Wildman–Crippen MR) is 117 cm³/mol. The fourth-order valence-corrected chi connectivity index (χ4v) is 3.42. The molecule has 0 fully saturated rings. The maximum absolute atomic E-state index is 6.01. The quantitative estimate of drug-likeness (QED) is 0.403. The maximum Gasteiger partial charge on any atom is 0.148 e. The van der Waals surface area contributed by atoms with E-state index in [1.165, 1.54) is 11.1 Å². The first kappa shape index (κ1) is 19.1. The third-order valence-electron chi connectivity index (χ3n) is 5.15.